The third kappa shape index (κ3) is 3.81. The number of rotatable bonds is 5. The van der Waals surface area contributed by atoms with Gasteiger partial charge in [-0.1, -0.05) is 44.0 Å². The highest BCUT2D eigenvalue weighted by Crippen LogP contribution is 2.27. The van der Waals surface area contributed by atoms with Gasteiger partial charge in [-0.05, 0) is 30.5 Å². The summed E-state index contributed by atoms with van der Waals surface area (Å²) in [6.45, 7) is 0.819. The molecule has 2 nitrogen and oxygen atoms in total. The van der Waals surface area contributed by atoms with Gasteiger partial charge in [-0.25, -0.2) is 0 Å². The average Bonchev–Trinajstić information content (AvgIpc) is 3.13. The third-order valence-corrected chi connectivity index (χ3v) is 3.79. The Morgan fingerprint density at radius 2 is 1.94 bits per heavy atom. The van der Waals surface area contributed by atoms with Gasteiger partial charge in [-0.3, -0.25) is 4.79 Å². The van der Waals surface area contributed by atoms with Gasteiger partial charge in [0.1, 0.15) is 0 Å². The normalized spacial score (nSPS) is 14.7. The van der Waals surface area contributed by atoms with Crippen molar-refractivity contribution in [1.29, 1.82) is 0 Å². The maximum Gasteiger partial charge on any atom is 0.227 e. The number of hydrogen-bond donors (Lipinski definition) is 0. The molecular formula is C13H15Br2NO. The Morgan fingerprint density at radius 1 is 1.29 bits per heavy atom. The van der Waals surface area contributed by atoms with Gasteiger partial charge in [0.25, 0.3) is 0 Å². The number of alkyl halides is 1. The van der Waals surface area contributed by atoms with Crippen LogP contribution in [0.5, 0.6) is 0 Å². The van der Waals surface area contributed by atoms with Crippen molar-refractivity contribution < 1.29 is 4.79 Å². The summed E-state index contributed by atoms with van der Waals surface area (Å²) in [5.41, 5.74) is 1.08. The van der Waals surface area contributed by atoms with Crippen molar-refractivity contribution in [3.8, 4) is 0 Å². The molecule has 0 bridgehead atoms. The first-order valence-corrected chi connectivity index (χ1v) is 7.72. The molecule has 0 unspecified atom stereocenters. The van der Waals surface area contributed by atoms with Crippen LogP contribution in [0, 0.1) is 0 Å². The van der Waals surface area contributed by atoms with Gasteiger partial charge in [0.05, 0.1) is 6.42 Å². The summed E-state index contributed by atoms with van der Waals surface area (Å²) in [5, 5.41) is 0.857. The van der Waals surface area contributed by atoms with Crippen LogP contribution in [0.3, 0.4) is 0 Å². The van der Waals surface area contributed by atoms with E-state index in [1.807, 2.05) is 29.2 Å². The molecule has 0 atom stereocenters. The largest absolute Gasteiger partial charge is 0.339 e. The molecule has 1 aliphatic carbocycles. The van der Waals surface area contributed by atoms with E-state index in [2.05, 4.69) is 31.9 Å². The van der Waals surface area contributed by atoms with Gasteiger partial charge in [-0.15, -0.1) is 0 Å². The van der Waals surface area contributed by atoms with Crippen molar-refractivity contribution in [3.63, 3.8) is 0 Å². The number of benzene rings is 1. The van der Waals surface area contributed by atoms with Crippen LogP contribution < -0.4 is 0 Å². The van der Waals surface area contributed by atoms with E-state index >= 15 is 0 Å². The van der Waals surface area contributed by atoms with E-state index < -0.39 is 0 Å². The molecule has 0 N–H and O–H groups in total. The zero-order valence-corrected chi connectivity index (χ0v) is 12.7. The molecule has 0 aliphatic heterocycles. The van der Waals surface area contributed by atoms with Crippen LogP contribution in [-0.4, -0.2) is 28.7 Å². The Bertz CT molecular complexity index is 387. The summed E-state index contributed by atoms with van der Waals surface area (Å²) in [5.74, 6) is 0.245. The maximum atomic E-state index is 12.2. The molecule has 0 spiro atoms. The smallest absolute Gasteiger partial charge is 0.227 e. The number of carbonyl (C=O) groups is 1. The van der Waals surface area contributed by atoms with Crippen molar-refractivity contribution in [2.24, 2.45) is 0 Å². The number of amides is 1. The van der Waals surface area contributed by atoms with Crippen LogP contribution in [0.15, 0.2) is 28.7 Å². The SMILES string of the molecule is O=C(Cc1ccc(Br)cc1)N(CCBr)C1CC1. The van der Waals surface area contributed by atoms with Crippen molar-refractivity contribution >= 4 is 37.8 Å². The Morgan fingerprint density at radius 3 is 2.47 bits per heavy atom. The third-order valence-electron chi connectivity index (χ3n) is 2.90. The number of carbonyl (C=O) groups excluding carboxylic acids is 1. The molecule has 1 fully saturated rings. The molecule has 0 heterocycles. The highest BCUT2D eigenvalue weighted by molar-refractivity contribution is 9.10. The summed E-state index contributed by atoms with van der Waals surface area (Å²) >= 11 is 6.81. The van der Waals surface area contributed by atoms with Crippen molar-refractivity contribution in [2.75, 3.05) is 11.9 Å². The highest BCUT2D eigenvalue weighted by atomic mass is 79.9. The standard InChI is InChI=1S/C13H15Br2NO/c14-7-8-16(12-5-6-12)13(17)9-10-1-3-11(15)4-2-10/h1-4,12H,5-9H2. The summed E-state index contributed by atoms with van der Waals surface area (Å²) < 4.78 is 1.05. The second-order valence-corrected chi connectivity index (χ2v) is 6.02. The molecule has 1 aliphatic rings. The van der Waals surface area contributed by atoms with Crippen molar-refractivity contribution in [1.82, 2.24) is 4.90 Å². The zero-order valence-electron chi connectivity index (χ0n) is 9.53. The van der Waals surface area contributed by atoms with E-state index in [0.717, 1.165) is 21.9 Å². The minimum absolute atomic E-state index is 0.245. The second kappa shape index (κ2) is 6.01. The second-order valence-electron chi connectivity index (χ2n) is 4.31. The first kappa shape index (κ1) is 13.1. The van der Waals surface area contributed by atoms with E-state index in [4.69, 9.17) is 0 Å². The van der Waals surface area contributed by atoms with Crippen LogP contribution in [-0.2, 0) is 11.2 Å². The van der Waals surface area contributed by atoms with Gasteiger partial charge in [-0.2, -0.15) is 0 Å². The average molecular weight is 361 g/mol. The topological polar surface area (TPSA) is 20.3 Å². The van der Waals surface area contributed by atoms with Crippen LogP contribution in [0.2, 0.25) is 0 Å². The van der Waals surface area contributed by atoms with Crippen molar-refractivity contribution in [3.05, 3.63) is 34.3 Å². The van der Waals surface area contributed by atoms with Crippen molar-refractivity contribution in [2.45, 2.75) is 25.3 Å². The molecular weight excluding hydrogens is 346 g/mol. The predicted octanol–water partition coefficient (Wildman–Crippen LogP) is 3.38. The molecule has 17 heavy (non-hydrogen) atoms. The van der Waals surface area contributed by atoms with Crippen LogP contribution >= 0.6 is 31.9 Å². The molecule has 1 aromatic rings. The molecule has 4 heteroatoms. The summed E-state index contributed by atoms with van der Waals surface area (Å²) in [4.78, 5) is 14.2. The number of hydrogen-bond acceptors (Lipinski definition) is 1. The Labute approximate surface area is 119 Å². The summed E-state index contributed by atoms with van der Waals surface area (Å²) in [7, 11) is 0. The van der Waals surface area contributed by atoms with Gasteiger partial charge in [0.15, 0.2) is 0 Å². The fourth-order valence-electron chi connectivity index (χ4n) is 1.87. The van der Waals surface area contributed by atoms with Gasteiger partial charge >= 0.3 is 0 Å². The quantitative estimate of drug-likeness (QED) is 0.737. The molecule has 1 aromatic carbocycles. The Hall–Kier alpha value is -0.350. The molecule has 1 saturated carbocycles. The molecule has 0 aromatic heterocycles. The fourth-order valence-corrected chi connectivity index (χ4v) is 2.51. The first-order chi connectivity index (χ1) is 8.20. The Balaban J connectivity index is 1.96. The number of nitrogens with zero attached hydrogens (tertiary/aromatic N) is 1. The zero-order chi connectivity index (χ0) is 12.3. The maximum absolute atomic E-state index is 12.2. The highest BCUT2D eigenvalue weighted by Gasteiger charge is 2.31. The molecule has 0 radical (unpaired) electrons. The lowest BCUT2D eigenvalue weighted by atomic mass is 10.1. The van der Waals surface area contributed by atoms with Crippen LogP contribution in [0.25, 0.3) is 0 Å². The lowest BCUT2D eigenvalue weighted by molar-refractivity contribution is -0.130. The van der Waals surface area contributed by atoms with E-state index in [1.165, 1.54) is 12.8 Å². The molecule has 1 amide bonds. The van der Waals surface area contributed by atoms with Gasteiger partial charge in [0.2, 0.25) is 5.91 Å². The summed E-state index contributed by atoms with van der Waals surface area (Å²) in [6.07, 6.45) is 2.84. The van der Waals surface area contributed by atoms with Crippen LogP contribution in [0.4, 0.5) is 0 Å². The lowest BCUT2D eigenvalue weighted by Gasteiger charge is -2.21. The van der Waals surface area contributed by atoms with E-state index in [1.54, 1.807) is 0 Å². The van der Waals surface area contributed by atoms with E-state index in [9.17, 15) is 4.79 Å². The fraction of sp³-hybridized carbons (Fsp3) is 0.462. The minimum atomic E-state index is 0.245. The lowest BCUT2D eigenvalue weighted by Crippen LogP contribution is -2.35. The van der Waals surface area contributed by atoms with E-state index in [-0.39, 0.29) is 5.91 Å². The summed E-state index contributed by atoms with van der Waals surface area (Å²) in [6, 6.07) is 8.46. The molecule has 0 saturated heterocycles. The first-order valence-electron chi connectivity index (χ1n) is 5.80. The number of halogens is 2. The minimum Gasteiger partial charge on any atom is -0.339 e. The van der Waals surface area contributed by atoms with Crippen LogP contribution in [0.1, 0.15) is 18.4 Å². The Kier molecular flexibility index (Phi) is 4.62. The van der Waals surface area contributed by atoms with E-state index in [0.29, 0.717) is 12.5 Å². The molecule has 2 rings (SSSR count). The van der Waals surface area contributed by atoms with Gasteiger partial charge in [0, 0.05) is 22.4 Å². The predicted molar refractivity (Wildman–Crippen MR) is 76.4 cm³/mol. The van der Waals surface area contributed by atoms with Gasteiger partial charge < -0.3 is 4.90 Å². The monoisotopic (exact) mass is 359 g/mol. The molecule has 92 valence electrons.